The van der Waals surface area contributed by atoms with Crippen molar-refractivity contribution in [2.45, 2.75) is 6.54 Å². The van der Waals surface area contributed by atoms with Crippen LogP contribution in [0.25, 0.3) is 0 Å². The number of hydrogen-bond acceptors (Lipinski definition) is 6. The maximum atomic E-state index is 10.9. The lowest BCUT2D eigenvalue weighted by molar-refractivity contribution is -0.394. The Kier molecular flexibility index (Phi) is 4.69. The van der Waals surface area contributed by atoms with Gasteiger partial charge in [0.15, 0.2) is 0 Å². The molecule has 0 fully saturated rings. The SMILES string of the molecule is CN(CCO)Cc1ccc([N+](=O)[O-])cc1[N+](=O)[O-]. The standard InChI is InChI=1S/C10H13N3O5/c1-11(4-5-14)7-8-2-3-9(12(15)16)6-10(8)13(17)18/h2-3,6,14H,4-5,7H2,1H3. The molecule has 0 amide bonds. The number of nitro groups is 2. The van der Waals surface area contributed by atoms with Crippen molar-refractivity contribution in [1.82, 2.24) is 4.90 Å². The molecule has 0 atom stereocenters. The van der Waals surface area contributed by atoms with Crippen LogP contribution in [-0.2, 0) is 6.54 Å². The molecule has 0 heterocycles. The van der Waals surface area contributed by atoms with Gasteiger partial charge in [0.1, 0.15) is 0 Å². The van der Waals surface area contributed by atoms with Gasteiger partial charge in [-0.2, -0.15) is 0 Å². The third-order valence-corrected chi connectivity index (χ3v) is 2.40. The van der Waals surface area contributed by atoms with Crippen molar-refractivity contribution in [1.29, 1.82) is 0 Å². The maximum Gasteiger partial charge on any atom is 0.280 e. The number of nitro benzene ring substituents is 2. The molecule has 1 aromatic rings. The molecule has 8 nitrogen and oxygen atoms in total. The van der Waals surface area contributed by atoms with Gasteiger partial charge in [-0.3, -0.25) is 25.1 Å². The minimum atomic E-state index is -0.672. The van der Waals surface area contributed by atoms with Crippen LogP contribution in [0, 0.1) is 20.2 Å². The Bertz CT molecular complexity index is 463. The molecule has 0 spiro atoms. The number of nitrogens with zero attached hydrogens (tertiary/aromatic N) is 3. The lowest BCUT2D eigenvalue weighted by Crippen LogP contribution is -2.22. The van der Waals surface area contributed by atoms with Crippen LogP contribution >= 0.6 is 0 Å². The van der Waals surface area contributed by atoms with Crippen LogP contribution in [0.4, 0.5) is 11.4 Å². The highest BCUT2D eigenvalue weighted by Gasteiger charge is 2.19. The molecule has 1 N–H and O–H groups in total. The Labute approximate surface area is 103 Å². The van der Waals surface area contributed by atoms with Gasteiger partial charge in [-0.05, 0) is 13.1 Å². The fraction of sp³-hybridized carbons (Fsp3) is 0.400. The van der Waals surface area contributed by atoms with Crippen molar-refractivity contribution in [3.8, 4) is 0 Å². The summed E-state index contributed by atoms with van der Waals surface area (Å²) < 4.78 is 0. The third kappa shape index (κ3) is 3.47. The van der Waals surface area contributed by atoms with Crippen molar-refractivity contribution in [3.05, 3.63) is 44.0 Å². The number of hydrogen-bond donors (Lipinski definition) is 1. The van der Waals surface area contributed by atoms with Crippen LogP contribution < -0.4 is 0 Å². The Morgan fingerprint density at radius 2 is 1.94 bits per heavy atom. The van der Waals surface area contributed by atoms with E-state index >= 15 is 0 Å². The van der Waals surface area contributed by atoms with Gasteiger partial charge >= 0.3 is 0 Å². The minimum absolute atomic E-state index is 0.0583. The van der Waals surface area contributed by atoms with Crippen LogP contribution in [0.2, 0.25) is 0 Å². The van der Waals surface area contributed by atoms with Gasteiger partial charge < -0.3 is 5.11 Å². The fourth-order valence-electron chi connectivity index (χ4n) is 1.51. The lowest BCUT2D eigenvalue weighted by Gasteiger charge is -2.14. The molecule has 0 bridgehead atoms. The summed E-state index contributed by atoms with van der Waals surface area (Å²) in [6.07, 6.45) is 0. The number of non-ortho nitro benzene ring substituents is 1. The van der Waals surface area contributed by atoms with E-state index < -0.39 is 9.85 Å². The van der Waals surface area contributed by atoms with Crippen LogP contribution in [0.5, 0.6) is 0 Å². The molecular weight excluding hydrogens is 242 g/mol. The van der Waals surface area contributed by atoms with Crippen molar-refractivity contribution in [2.75, 3.05) is 20.2 Å². The molecule has 0 aromatic heterocycles. The van der Waals surface area contributed by atoms with Crippen LogP contribution in [0.1, 0.15) is 5.56 Å². The van der Waals surface area contributed by atoms with Gasteiger partial charge in [-0.25, -0.2) is 0 Å². The number of aliphatic hydroxyl groups excluding tert-OH is 1. The van der Waals surface area contributed by atoms with Crippen molar-refractivity contribution in [2.24, 2.45) is 0 Å². The zero-order valence-corrected chi connectivity index (χ0v) is 9.78. The number of rotatable bonds is 6. The van der Waals surface area contributed by atoms with Crippen LogP contribution in [0.15, 0.2) is 18.2 Å². The Hall–Kier alpha value is -2.06. The van der Waals surface area contributed by atoms with E-state index in [1.807, 2.05) is 0 Å². The van der Waals surface area contributed by atoms with Crippen molar-refractivity contribution < 1.29 is 15.0 Å². The molecule has 0 aliphatic carbocycles. The summed E-state index contributed by atoms with van der Waals surface area (Å²) in [6, 6.07) is 3.54. The first-order chi connectivity index (χ1) is 8.45. The van der Waals surface area contributed by atoms with E-state index in [-0.39, 0.29) is 24.5 Å². The third-order valence-electron chi connectivity index (χ3n) is 2.40. The van der Waals surface area contributed by atoms with Gasteiger partial charge in [0, 0.05) is 24.7 Å². The summed E-state index contributed by atoms with van der Waals surface area (Å²) in [5.74, 6) is 0. The summed E-state index contributed by atoms with van der Waals surface area (Å²) in [5.41, 5.74) is -0.217. The first-order valence-corrected chi connectivity index (χ1v) is 5.16. The predicted octanol–water partition coefficient (Wildman–Crippen LogP) is 0.927. The van der Waals surface area contributed by atoms with Crippen molar-refractivity contribution in [3.63, 3.8) is 0 Å². The first-order valence-electron chi connectivity index (χ1n) is 5.16. The van der Waals surface area contributed by atoms with Crippen LogP contribution in [-0.4, -0.2) is 40.1 Å². The number of likely N-dealkylation sites (N-methyl/N-ethyl adjacent to an activating group) is 1. The van der Waals surface area contributed by atoms with E-state index in [0.29, 0.717) is 12.1 Å². The maximum absolute atomic E-state index is 10.9. The molecule has 0 radical (unpaired) electrons. The summed E-state index contributed by atoms with van der Waals surface area (Å²) in [6.45, 7) is 0.556. The lowest BCUT2D eigenvalue weighted by atomic mass is 10.1. The number of aliphatic hydroxyl groups is 1. The second-order valence-electron chi connectivity index (χ2n) is 3.79. The van der Waals surface area contributed by atoms with E-state index in [9.17, 15) is 20.2 Å². The predicted molar refractivity (Wildman–Crippen MR) is 63.2 cm³/mol. The van der Waals surface area contributed by atoms with E-state index in [0.717, 1.165) is 6.07 Å². The molecule has 0 saturated heterocycles. The zero-order valence-electron chi connectivity index (χ0n) is 9.78. The minimum Gasteiger partial charge on any atom is -0.395 e. The van der Waals surface area contributed by atoms with E-state index in [1.165, 1.54) is 12.1 Å². The van der Waals surface area contributed by atoms with Gasteiger partial charge in [-0.15, -0.1) is 0 Å². The molecule has 1 aromatic carbocycles. The Morgan fingerprint density at radius 1 is 1.28 bits per heavy atom. The normalized spacial score (nSPS) is 10.6. The smallest absolute Gasteiger partial charge is 0.280 e. The zero-order chi connectivity index (χ0) is 13.7. The molecule has 98 valence electrons. The van der Waals surface area contributed by atoms with E-state index in [2.05, 4.69) is 0 Å². The molecular formula is C10H13N3O5. The summed E-state index contributed by atoms with van der Waals surface area (Å²) in [5, 5.41) is 30.1. The van der Waals surface area contributed by atoms with Gasteiger partial charge in [-0.1, -0.05) is 0 Å². The average molecular weight is 255 g/mol. The Morgan fingerprint density at radius 3 is 2.44 bits per heavy atom. The second-order valence-corrected chi connectivity index (χ2v) is 3.79. The molecule has 18 heavy (non-hydrogen) atoms. The largest absolute Gasteiger partial charge is 0.395 e. The van der Waals surface area contributed by atoms with E-state index in [1.54, 1.807) is 11.9 Å². The Balaban J connectivity index is 3.04. The second kappa shape index (κ2) is 6.03. The number of benzene rings is 1. The highest BCUT2D eigenvalue weighted by Crippen LogP contribution is 2.25. The molecule has 0 aliphatic rings. The van der Waals surface area contributed by atoms with E-state index in [4.69, 9.17) is 5.11 Å². The summed E-state index contributed by atoms with van der Waals surface area (Å²) in [4.78, 5) is 21.8. The fourth-order valence-corrected chi connectivity index (χ4v) is 1.51. The topological polar surface area (TPSA) is 110 Å². The van der Waals surface area contributed by atoms with Crippen LogP contribution in [0.3, 0.4) is 0 Å². The quantitative estimate of drug-likeness (QED) is 0.598. The van der Waals surface area contributed by atoms with Crippen molar-refractivity contribution >= 4 is 11.4 Å². The molecule has 0 unspecified atom stereocenters. The summed E-state index contributed by atoms with van der Waals surface area (Å²) >= 11 is 0. The van der Waals surface area contributed by atoms with Gasteiger partial charge in [0.2, 0.25) is 0 Å². The molecule has 0 saturated carbocycles. The highest BCUT2D eigenvalue weighted by atomic mass is 16.6. The molecule has 1 rings (SSSR count). The van der Waals surface area contributed by atoms with Gasteiger partial charge in [0.25, 0.3) is 11.4 Å². The average Bonchev–Trinajstić information content (AvgIpc) is 2.29. The summed E-state index contributed by atoms with van der Waals surface area (Å²) in [7, 11) is 1.70. The highest BCUT2D eigenvalue weighted by molar-refractivity contribution is 5.49. The molecule has 8 heteroatoms. The molecule has 0 aliphatic heterocycles. The first kappa shape index (κ1) is 14.0. The monoisotopic (exact) mass is 255 g/mol. The van der Waals surface area contributed by atoms with Gasteiger partial charge in [0.05, 0.1) is 22.5 Å².